The molecule has 9 rings (SSSR count). The zero-order valence-electron chi connectivity index (χ0n) is 35.3. The summed E-state index contributed by atoms with van der Waals surface area (Å²) in [5, 5.41) is 2.06. The van der Waals surface area contributed by atoms with Gasteiger partial charge < -0.3 is 15.2 Å². The van der Waals surface area contributed by atoms with Crippen molar-refractivity contribution in [3.05, 3.63) is 186 Å². The summed E-state index contributed by atoms with van der Waals surface area (Å²) in [5.74, 6) is 3.11. The Labute approximate surface area is 351 Å². The first kappa shape index (κ1) is 33.5. The monoisotopic (exact) mass is 822 g/mol. The van der Waals surface area contributed by atoms with Crippen LogP contribution in [-0.4, -0.2) is 9.55 Å². The summed E-state index contributed by atoms with van der Waals surface area (Å²) in [6.45, 7) is 4.15. The lowest BCUT2D eigenvalue weighted by Crippen LogP contribution is -2.10. The Morgan fingerprint density at radius 1 is 0.569 bits per heavy atom. The van der Waals surface area contributed by atoms with E-state index in [1.54, 1.807) is 12.3 Å². The third-order valence-corrected chi connectivity index (χ3v) is 11.0. The number of anilines is 1. The van der Waals surface area contributed by atoms with E-state index in [-0.39, 0.29) is 11.0 Å². The van der Waals surface area contributed by atoms with Gasteiger partial charge in [-0.1, -0.05) is 122 Å². The van der Waals surface area contributed by atoms with Crippen LogP contribution in [-0.2, 0) is 5.41 Å². The summed E-state index contributed by atoms with van der Waals surface area (Å²) in [6.07, 6.45) is 1.66. The van der Waals surface area contributed by atoms with Gasteiger partial charge in [-0.2, -0.15) is 0 Å². The molecule has 0 aliphatic rings. The number of nitrogens with two attached hydrogens (primary N) is 1. The Morgan fingerprint density at radius 3 is 1.86 bits per heavy atom. The molecular weight excluding hydrogens is 778 g/mol. The molecule has 2 heterocycles. The van der Waals surface area contributed by atoms with Crippen LogP contribution >= 0.6 is 15.9 Å². The number of ether oxygens (including phenoxy) is 2. The number of benzene rings is 7. The fourth-order valence-corrected chi connectivity index (χ4v) is 7.85. The van der Waals surface area contributed by atoms with Gasteiger partial charge in [0.15, 0.2) is 0 Å². The van der Waals surface area contributed by atoms with Crippen LogP contribution in [0.3, 0.4) is 0 Å². The highest BCUT2D eigenvalue weighted by Crippen LogP contribution is 2.39. The van der Waals surface area contributed by atoms with Crippen molar-refractivity contribution in [1.29, 1.82) is 0 Å². The van der Waals surface area contributed by atoms with E-state index in [1.165, 1.54) is 5.56 Å². The topological polar surface area (TPSA) is 62.3 Å². The normalized spacial score (nSPS) is 12.6. The van der Waals surface area contributed by atoms with Gasteiger partial charge in [-0.25, -0.2) is 4.98 Å². The highest BCUT2D eigenvalue weighted by molar-refractivity contribution is 9.10. The molecular formula is C52H42BrN3O2. The number of aromatic nitrogens is 2. The molecule has 0 radical (unpaired) electrons. The largest absolute Gasteiger partial charge is 0.457 e. The number of rotatable bonds is 8. The summed E-state index contributed by atoms with van der Waals surface area (Å²) >= 11 is 3.54. The van der Waals surface area contributed by atoms with Gasteiger partial charge >= 0.3 is 0 Å². The maximum Gasteiger partial charge on any atom is 0.137 e. The van der Waals surface area contributed by atoms with Gasteiger partial charge in [-0.3, -0.25) is 4.57 Å². The Bertz CT molecular complexity index is 3060. The van der Waals surface area contributed by atoms with Crippen molar-refractivity contribution >= 4 is 43.4 Å². The molecule has 0 atom stereocenters. The second-order valence-electron chi connectivity index (χ2n) is 15.4. The second-order valence-corrected chi connectivity index (χ2v) is 16.3. The molecule has 2 N–H and O–H groups in total. The maximum atomic E-state index is 8.66. The molecule has 0 fully saturated rings. The molecule has 0 bridgehead atoms. The average molecular weight is 824 g/mol. The Morgan fingerprint density at radius 2 is 1.19 bits per heavy atom. The fraction of sp³-hybridized carbons (Fsp3) is 0.0962. The van der Waals surface area contributed by atoms with Crippen LogP contribution in [0.4, 0.5) is 5.69 Å². The van der Waals surface area contributed by atoms with Gasteiger partial charge in [0.2, 0.25) is 0 Å². The Hall–Kier alpha value is -6.63. The molecule has 2 aromatic heterocycles. The number of nitrogens with zero attached hydrogens (tertiary/aromatic N) is 2. The van der Waals surface area contributed by atoms with E-state index in [0.717, 1.165) is 54.2 Å². The smallest absolute Gasteiger partial charge is 0.137 e. The predicted molar refractivity (Wildman–Crippen MR) is 243 cm³/mol. The fourth-order valence-electron chi connectivity index (χ4n) is 7.47. The summed E-state index contributed by atoms with van der Waals surface area (Å²) in [6, 6.07) is 53.3. The second kappa shape index (κ2) is 15.0. The van der Waals surface area contributed by atoms with E-state index in [2.05, 4.69) is 73.1 Å². The van der Waals surface area contributed by atoms with Crippen molar-refractivity contribution in [2.75, 3.05) is 5.73 Å². The molecule has 0 aliphatic carbocycles. The number of para-hydroxylation sites is 1. The van der Waals surface area contributed by atoms with Crippen LogP contribution in [0, 0.1) is 6.85 Å². The number of pyridine rings is 1. The van der Waals surface area contributed by atoms with Crippen LogP contribution in [0.25, 0.3) is 61.0 Å². The van der Waals surface area contributed by atoms with E-state index in [9.17, 15) is 0 Å². The van der Waals surface area contributed by atoms with Gasteiger partial charge in [-0.15, -0.1) is 0 Å². The van der Waals surface area contributed by atoms with Crippen molar-refractivity contribution in [1.82, 2.24) is 9.55 Å². The first-order valence-corrected chi connectivity index (χ1v) is 20.0. The lowest BCUT2D eigenvalue weighted by molar-refractivity contribution is 0.482. The molecule has 9 aromatic rings. The zero-order valence-corrected chi connectivity index (χ0v) is 33.9. The maximum absolute atomic E-state index is 8.66. The average Bonchev–Trinajstić information content (AvgIpc) is 3.57. The standard InChI is InChI=1S/C52H42BrN3O2/c1-33-28-50(56-48-27-20-37(52(2,3)4)29-46(48)45-26-25-42(31-49(45)56)58-41-13-8-12-38(53)30-41)55-32-47(33)36-18-23-40(24-19-36)57-39-21-16-35(17-22-39)44-15-9-14-43(51(44)54)34-10-6-5-7-11-34/h5-32H,54H2,1-4H3/i1D3. The first-order valence-electron chi connectivity index (χ1n) is 20.7. The van der Waals surface area contributed by atoms with E-state index in [1.807, 2.05) is 126 Å². The van der Waals surface area contributed by atoms with Crippen molar-refractivity contribution in [3.8, 4) is 62.2 Å². The Balaban J connectivity index is 1.03. The van der Waals surface area contributed by atoms with Crippen LogP contribution in [0.2, 0.25) is 0 Å². The van der Waals surface area contributed by atoms with Crippen molar-refractivity contribution in [2.45, 2.75) is 33.0 Å². The van der Waals surface area contributed by atoms with E-state index < -0.39 is 6.85 Å². The molecule has 0 saturated heterocycles. The predicted octanol–water partition coefficient (Wildman–Crippen LogP) is 14.7. The summed E-state index contributed by atoms with van der Waals surface area (Å²) < 4.78 is 41.5. The lowest BCUT2D eigenvalue weighted by Gasteiger charge is -2.19. The molecule has 284 valence electrons. The van der Waals surface area contributed by atoms with Gasteiger partial charge in [0.05, 0.1) is 11.0 Å². The molecule has 5 nitrogen and oxygen atoms in total. The van der Waals surface area contributed by atoms with Crippen LogP contribution in [0.15, 0.2) is 174 Å². The number of halogens is 1. The van der Waals surface area contributed by atoms with Gasteiger partial charge in [0.1, 0.15) is 28.8 Å². The minimum Gasteiger partial charge on any atom is -0.457 e. The lowest BCUT2D eigenvalue weighted by atomic mass is 9.86. The van der Waals surface area contributed by atoms with E-state index in [4.69, 9.17) is 24.3 Å². The Kier molecular flexibility index (Phi) is 8.68. The minimum absolute atomic E-state index is 0.0724. The highest BCUT2D eigenvalue weighted by Gasteiger charge is 2.20. The SMILES string of the molecule is [2H]C([2H])([2H])c1cc(-n2c3ccc(C(C)(C)C)cc3c3ccc(Oc4cccc(Br)c4)cc32)ncc1-c1ccc(Oc2ccc(-c3cccc(-c4ccccc4)c3N)cc2)cc1. The summed E-state index contributed by atoms with van der Waals surface area (Å²) in [5.41, 5.74) is 15.7. The molecule has 58 heavy (non-hydrogen) atoms. The van der Waals surface area contributed by atoms with Gasteiger partial charge in [0.25, 0.3) is 0 Å². The molecule has 0 aliphatic heterocycles. The molecule has 6 heteroatoms. The van der Waals surface area contributed by atoms with Crippen LogP contribution in [0.5, 0.6) is 23.0 Å². The number of aryl methyl sites for hydroxylation is 1. The van der Waals surface area contributed by atoms with E-state index in [0.29, 0.717) is 39.9 Å². The van der Waals surface area contributed by atoms with Gasteiger partial charge in [0, 0.05) is 54.0 Å². The summed E-state index contributed by atoms with van der Waals surface area (Å²) in [4.78, 5) is 4.95. The van der Waals surface area contributed by atoms with E-state index >= 15 is 0 Å². The van der Waals surface area contributed by atoms with Crippen LogP contribution in [0.1, 0.15) is 36.0 Å². The molecule has 7 aromatic carbocycles. The third-order valence-electron chi connectivity index (χ3n) is 10.5. The number of nitrogen functional groups attached to an aromatic ring is 1. The quantitative estimate of drug-likeness (QED) is 0.155. The highest BCUT2D eigenvalue weighted by atomic mass is 79.9. The minimum atomic E-state index is -2.43. The summed E-state index contributed by atoms with van der Waals surface area (Å²) in [7, 11) is 0. The van der Waals surface area contributed by atoms with Gasteiger partial charge in [-0.05, 0) is 113 Å². The number of hydrogen-bond acceptors (Lipinski definition) is 4. The first-order chi connectivity index (χ1) is 29.3. The van der Waals surface area contributed by atoms with Crippen molar-refractivity contribution in [2.24, 2.45) is 0 Å². The number of hydrogen-bond donors (Lipinski definition) is 1. The zero-order chi connectivity index (χ0) is 42.5. The third kappa shape index (κ3) is 7.23. The molecule has 0 spiro atoms. The molecule has 0 amide bonds. The molecule has 0 saturated carbocycles. The van der Waals surface area contributed by atoms with Crippen molar-refractivity contribution < 1.29 is 13.6 Å². The van der Waals surface area contributed by atoms with Crippen LogP contribution < -0.4 is 15.2 Å². The van der Waals surface area contributed by atoms with Crippen molar-refractivity contribution in [3.63, 3.8) is 0 Å². The number of fused-ring (bicyclic) bond motifs is 3. The molecule has 0 unspecified atom stereocenters.